The number of carbonyl (C=O) groups excluding carboxylic acids is 1. The first-order chi connectivity index (χ1) is 17.0. The number of carbonyl (C=O) groups is 1. The Kier molecular flexibility index (Phi) is 9.03. The summed E-state index contributed by atoms with van der Waals surface area (Å²) in [7, 11) is 0. The van der Waals surface area contributed by atoms with Gasteiger partial charge >= 0.3 is 6.09 Å². The van der Waals surface area contributed by atoms with Crippen LogP contribution in [0.3, 0.4) is 0 Å². The Bertz CT molecular complexity index is 1180. The third-order valence-electron chi connectivity index (χ3n) is 5.76. The molecule has 1 saturated heterocycles. The van der Waals surface area contributed by atoms with Crippen LogP contribution >= 0.6 is 23.4 Å². The van der Waals surface area contributed by atoms with Gasteiger partial charge in [-0.1, -0.05) is 35.5 Å². The molecule has 1 atom stereocenters. The van der Waals surface area contributed by atoms with E-state index in [9.17, 15) is 10.1 Å². The van der Waals surface area contributed by atoms with Gasteiger partial charge in [0, 0.05) is 19.6 Å². The van der Waals surface area contributed by atoms with Crippen LogP contribution < -0.4 is 10.3 Å². The summed E-state index contributed by atoms with van der Waals surface area (Å²) in [6, 6.07) is 7.80. The highest BCUT2D eigenvalue weighted by atomic mass is 35.5. The summed E-state index contributed by atoms with van der Waals surface area (Å²) in [6.45, 7) is 10.8. The van der Waals surface area contributed by atoms with Crippen molar-refractivity contribution in [2.75, 3.05) is 36.2 Å². The lowest BCUT2D eigenvalue weighted by Crippen LogP contribution is -2.56. The minimum atomic E-state index is -0.620. The smallest absolute Gasteiger partial charge is 0.410 e. The molecule has 1 N–H and O–H groups in total. The van der Waals surface area contributed by atoms with Crippen molar-refractivity contribution in [2.45, 2.75) is 57.8 Å². The van der Waals surface area contributed by atoms with Gasteiger partial charge in [-0.15, -0.1) is 0 Å². The molecule has 1 aromatic heterocycles. The summed E-state index contributed by atoms with van der Waals surface area (Å²) >= 11 is 7.96. The highest BCUT2D eigenvalue weighted by molar-refractivity contribution is 7.98. The number of hydrogen-bond acceptors (Lipinski definition) is 9. The first-order valence-corrected chi connectivity index (χ1v) is 13.2. The van der Waals surface area contributed by atoms with Gasteiger partial charge in [-0.25, -0.2) is 14.8 Å². The Balaban J connectivity index is 1.89. The minimum Gasteiger partial charge on any atom is -0.444 e. The third-order valence-corrected chi connectivity index (χ3v) is 6.60. The van der Waals surface area contributed by atoms with Gasteiger partial charge in [0.1, 0.15) is 16.6 Å². The van der Waals surface area contributed by atoms with Crippen LogP contribution in [0, 0.1) is 25.2 Å². The number of nitrogens with zero attached hydrogens (tertiary/aromatic N) is 6. The van der Waals surface area contributed by atoms with Crippen LogP contribution in [0.25, 0.3) is 0 Å². The quantitative estimate of drug-likeness (QED) is 0.178. The van der Waals surface area contributed by atoms with Crippen molar-refractivity contribution in [1.82, 2.24) is 14.9 Å². The number of ether oxygens (including phenoxy) is 1. The van der Waals surface area contributed by atoms with E-state index in [1.165, 1.54) is 11.8 Å². The molecule has 192 valence electrons. The number of aryl methyl sites for hydroxylation is 1. The van der Waals surface area contributed by atoms with E-state index < -0.39 is 11.7 Å². The molecule has 1 amide bonds. The molecule has 3 rings (SSSR count). The number of anilines is 2. The number of hydrazone groups is 1. The van der Waals surface area contributed by atoms with Crippen LogP contribution in [0.15, 0.2) is 28.5 Å². The maximum Gasteiger partial charge on any atom is 0.410 e. The molecular weight excluding hydrogens is 498 g/mol. The highest BCUT2D eigenvalue weighted by Gasteiger charge is 2.34. The molecule has 1 unspecified atom stereocenters. The molecule has 1 fully saturated rings. The normalized spacial score (nSPS) is 16.2. The summed E-state index contributed by atoms with van der Waals surface area (Å²) in [6.07, 6.45) is 3.24. The Hall–Kier alpha value is -3.03. The molecular formula is C25H32ClN7O2S. The van der Waals surface area contributed by atoms with E-state index >= 15 is 0 Å². The second-order valence-electron chi connectivity index (χ2n) is 9.49. The van der Waals surface area contributed by atoms with E-state index in [0.717, 1.165) is 16.8 Å². The molecule has 0 spiro atoms. The fourth-order valence-corrected chi connectivity index (χ4v) is 4.41. The second kappa shape index (κ2) is 11.8. The van der Waals surface area contributed by atoms with Crippen LogP contribution in [0.1, 0.15) is 43.9 Å². The van der Waals surface area contributed by atoms with Gasteiger partial charge in [0.25, 0.3) is 0 Å². The van der Waals surface area contributed by atoms with Crippen LogP contribution in [-0.4, -0.2) is 64.7 Å². The number of thioether (sulfide) groups is 1. The monoisotopic (exact) mass is 529 g/mol. The van der Waals surface area contributed by atoms with Crippen molar-refractivity contribution in [3.05, 3.63) is 40.0 Å². The SMILES string of the molecule is CSc1nc(Cl)c(/C=N/Nc2cccc(C)c2C)c(N2CCN(C(=O)OC(C)(C)C)C(CC#N)C2)n1. The van der Waals surface area contributed by atoms with Gasteiger partial charge in [-0.3, -0.25) is 5.43 Å². The van der Waals surface area contributed by atoms with E-state index in [1.54, 1.807) is 11.1 Å². The number of halogens is 1. The topological polar surface area (TPSA) is 107 Å². The number of hydrogen-bond donors (Lipinski definition) is 1. The molecule has 0 radical (unpaired) electrons. The lowest BCUT2D eigenvalue weighted by Gasteiger charge is -2.41. The Labute approximate surface area is 221 Å². The predicted octanol–water partition coefficient (Wildman–Crippen LogP) is 5.25. The van der Waals surface area contributed by atoms with E-state index in [-0.39, 0.29) is 17.6 Å². The number of aromatic nitrogens is 2. The summed E-state index contributed by atoms with van der Waals surface area (Å²) in [5.41, 5.74) is 6.18. The van der Waals surface area contributed by atoms with Crippen LogP contribution in [0.2, 0.25) is 5.15 Å². The van der Waals surface area contributed by atoms with Gasteiger partial charge in [-0.05, 0) is 58.1 Å². The summed E-state index contributed by atoms with van der Waals surface area (Å²) < 4.78 is 5.57. The summed E-state index contributed by atoms with van der Waals surface area (Å²) in [5.74, 6) is 0.609. The maximum absolute atomic E-state index is 12.8. The Morgan fingerprint density at radius 1 is 1.36 bits per heavy atom. The zero-order valence-electron chi connectivity index (χ0n) is 21.5. The van der Waals surface area contributed by atoms with E-state index in [0.29, 0.717) is 36.2 Å². The van der Waals surface area contributed by atoms with Gasteiger partial charge in [0.05, 0.1) is 36.0 Å². The minimum absolute atomic E-state index is 0.168. The van der Waals surface area contributed by atoms with Crippen molar-refractivity contribution in [3.63, 3.8) is 0 Å². The zero-order chi connectivity index (χ0) is 26.5. The summed E-state index contributed by atoms with van der Waals surface area (Å²) in [4.78, 5) is 25.5. The molecule has 0 bridgehead atoms. The van der Waals surface area contributed by atoms with Gasteiger partial charge in [-0.2, -0.15) is 10.4 Å². The van der Waals surface area contributed by atoms with Crippen molar-refractivity contribution < 1.29 is 9.53 Å². The van der Waals surface area contributed by atoms with Crippen molar-refractivity contribution in [2.24, 2.45) is 5.10 Å². The summed E-state index contributed by atoms with van der Waals surface area (Å²) in [5, 5.41) is 14.7. The lowest BCUT2D eigenvalue weighted by atomic mass is 10.1. The Morgan fingerprint density at radius 2 is 2.11 bits per heavy atom. The Morgan fingerprint density at radius 3 is 2.78 bits per heavy atom. The molecule has 36 heavy (non-hydrogen) atoms. The van der Waals surface area contributed by atoms with Gasteiger partial charge in [0.2, 0.25) is 0 Å². The molecule has 2 heterocycles. The first kappa shape index (κ1) is 27.6. The molecule has 1 aliphatic rings. The fraction of sp³-hybridized carbons (Fsp3) is 0.480. The molecule has 11 heteroatoms. The molecule has 1 aromatic carbocycles. The average molecular weight is 530 g/mol. The van der Waals surface area contributed by atoms with Gasteiger partial charge in [0.15, 0.2) is 5.16 Å². The lowest BCUT2D eigenvalue weighted by molar-refractivity contribution is 0.0145. The largest absolute Gasteiger partial charge is 0.444 e. The standard InChI is InChI=1S/C25H32ClN7O2S/c1-16-8-7-9-20(17(16)2)31-28-14-19-21(26)29-23(36-6)30-22(19)32-12-13-33(18(15-32)10-11-27)24(34)35-25(3,4)5/h7-9,14,18,31H,10,12-13,15H2,1-6H3/b28-14+. The van der Waals surface area contributed by atoms with Crippen LogP contribution in [0.4, 0.5) is 16.3 Å². The van der Waals surface area contributed by atoms with Crippen molar-refractivity contribution >= 4 is 47.2 Å². The number of nitrogens with one attached hydrogen (secondary N) is 1. The van der Waals surface area contributed by atoms with E-state index in [2.05, 4.69) is 21.6 Å². The number of amides is 1. The molecule has 9 nitrogen and oxygen atoms in total. The van der Waals surface area contributed by atoms with Crippen LogP contribution in [-0.2, 0) is 4.74 Å². The molecule has 1 aliphatic heterocycles. The van der Waals surface area contributed by atoms with E-state index in [4.69, 9.17) is 21.3 Å². The maximum atomic E-state index is 12.8. The first-order valence-electron chi connectivity index (χ1n) is 11.6. The predicted molar refractivity (Wildman–Crippen MR) is 145 cm³/mol. The molecule has 2 aromatic rings. The van der Waals surface area contributed by atoms with Crippen molar-refractivity contribution in [3.8, 4) is 6.07 Å². The molecule has 0 aliphatic carbocycles. The number of rotatable bonds is 6. The number of nitriles is 1. The second-order valence-corrected chi connectivity index (χ2v) is 10.6. The third kappa shape index (κ3) is 6.80. The van der Waals surface area contributed by atoms with Gasteiger partial charge < -0.3 is 14.5 Å². The number of benzene rings is 1. The van der Waals surface area contributed by atoms with Crippen LogP contribution in [0.5, 0.6) is 0 Å². The fourth-order valence-electron chi connectivity index (χ4n) is 3.78. The average Bonchev–Trinajstić information content (AvgIpc) is 2.81. The van der Waals surface area contributed by atoms with Crippen molar-refractivity contribution in [1.29, 1.82) is 5.26 Å². The van der Waals surface area contributed by atoms with E-state index in [1.807, 2.05) is 64.0 Å². The zero-order valence-corrected chi connectivity index (χ0v) is 23.1. The molecule has 0 saturated carbocycles. The highest BCUT2D eigenvalue weighted by Crippen LogP contribution is 2.29. The number of piperazine rings is 1.